The van der Waals surface area contributed by atoms with E-state index in [1.54, 1.807) is 4.90 Å². The van der Waals surface area contributed by atoms with Crippen molar-refractivity contribution < 1.29 is 18.1 Å². The second kappa shape index (κ2) is 11.5. The molecule has 0 aliphatic rings. The molecule has 0 spiro atoms. The second-order valence-electron chi connectivity index (χ2n) is 5.35. The van der Waals surface area contributed by atoms with Crippen molar-refractivity contribution in [2.75, 3.05) is 19.7 Å². The van der Waals surface area contributed by atoms with Crippen molar-refractivity contribution in [2.24, 2.45) is 0 Å². The fourth-order valence-corrected chi connectivity index (χ4v) is 2.83. The number of aliphatic hydroxyl groups is 1. The first-order chi connectivity index (χ1) is 9.43. The van der Waals surface area contributed by atoms with Gasteiger partial charge in [0.25, 0.3) is 10.1 Å². The molecule has 20 heavy (non-hydrogen) atoms. The highest BCUT2D eigenvalue weighted by Gasteiger charge is 2.24. The molecule has 2 N–H and O–H groups in total. The number of hydrogen-bond acceptors (Lipinski definition) is 4. The van der Waals surface area contributed by atoms with Gasteiger partial charge in [-0.2, -0.15) is 8.42 Å². The predicted molar refractivity (Wildman–Crippen MR) is 82.3 cm³/mol. The highest BCUT2D eigenvalue weighted by molar-refractivity contribution is 7.86. The molecular formula is C14H31NO4S. The zero-order valence-corrected chi connectivity index (χ0v) is 13.7. The van der Waals surface area contributed by atoms with Crippen LogP contribution in [0.3, 0.4) is 0 Å². The van der Waals surface area contributed by atoms with E-state index >= 15 is 0 Å². The van der Waals surface area contributed by atoms with Gasteiger partial charge < -0.3 is 5.11 Å². The standard InChI is InChI=1S/C14H31NO4S/c1-3-4-5-6-7-8-9-10-11-15(12-13-16)14(2)20(17,18)19/h14,16H,3-13H2,1-2H3,(H,17,18,19). The summed E-state index contributed by atoms with van der Waals surface area (Å²) in [6, 6.07) is 0. The van der Waals surface area contributed by atoms with Crippen molar-refractivity contribution in [1.82, 2.24) is 4.90 Å². The van der Waals surface area contributed by atoms with Gasteiger partial charge in [0.05, 0.1) is 6.61 Å². The SMILES string of the molecule is CCCCCCCCCCN(CCO)C(C)S(=O)(=O)O. The van der Waals surface area contributed by atoms with E-state index in [0.717, 1.165) is 19.3 Å². The Bertz CT molecular complexity index is 319. The van der Waals surface area contributed by atoms with Gasteiger partial charge in [0.15, 0.2) is 0 Å². The average Bonchev–Trinajstić information content (AvgIpc) is 2.38. The van der Waals surface area contributed by atoms with Gasteiger partial charge in [-0.3, -0.25) is 9.45 Å². The van der Waals surface area contributed by atoms with E-state index in [2.05, 4.69) is 6.92 Å². The van der Waals surface area contributed by atoms with Crippen molar-refractivity contribution in [2.45, 2.75) is 70.6 Å². The fourth-order valence-electron chi connectivity index (χ4n) is 2.24. The van der Waals surface area contributed by atoms with Crippen molar-refractivity contribution in [3.05, 3.63) is 0 Å². The van der Waals surface area contributed by atoms with Gasteiger partial charge in [-0.15, -0.1) is 0 Å². The summed E-state index contributed by atoms with van der Waals surface area (Å²) in [5.74, 6) is 0. The molecule has 0 aliphatic heterocycles. The first kappa shape index (κ1) is 19.8. The lowest BCUT2D eigenvalue weighted by atomic mass is 10.1. The van der Waals surface area contributed by atoms with Gasteiger partial charge >= 0.3 is 0 Å². The summed E-state index contributed by atoms with van der Waals surface area (Å²) in [5, 5.41) is 8.01. The number of hydrogen-bond donors (Lipinski definition) is 2. The molecular weight excluding hydrogens is 278 g/mol. The number of rotatable bonds is 13. The van der Waals surface area contributed by atoms with Crippen LogP contribution in [0.2, 0.25) is 0 Å². The van der Waals surface area contributed by atoms with Crippen LogP contribution in [0.4, 0.5) is 0 Å². The molecule has 0 aliphatic carbocycles. The highest BCUT2D eigenvalue weighted by atomic mass is 32.2. The molecule has 0 bridgehead atoms. The van der Waals surface area contributed by atoms with Crippen LogP contribution in [0.5, 0.6) is 0 Å². The van der Waals surface area contributed by atoms with E-state index in [1.165, 1.54) is 39.0 Å². The predicted octanol–water partition coefficient (Wildman–Crippen LogP) is 2.66. The van der Waals surface area contributed by atoms with E-state index in [1.807, 2.05) is 0 Å². The third-order valence-electron chi connectivity index (χ3n) is 3.63. The van der Waals surface area contributed by atoms with Gasteiger partial charge in [0, 0.05) is 6.54 Å². The maximum absolute atomic E-state index is 11.1. The minimum Gasteiger partial charge on any atom is -0.395 e. The molecule has 0 amide bonds. The second-order valence-corrected chi connectivity index (χ2v) is 7.06. The molecule has 6 heteroatoms. The van der Waals surface area contributed by atoms with E-state index in [9.17, 15) is 8.42 Å². The lowest BCUT2D eigenvalue weighted by Crippen LogP contribution is -2.41. The quantitative estimate of drug-likeness (QED) is 0.404. The molecule has 0 aromatic heterocycles. The van der Waals surface area contributed by atoms with Gasteiger partial charge in [-0.1, -0.05) is 51.9 Å². The Hall–Kier alpha value is -0.170. The first-order valence-electron chi connectivity index (χ1n) is 7.74. The van der Waals surface area contributed by atoms with Crippen molar-refractivity contribution >= 4 is 10.1 Å². The summed E-state index contributed by atoms with van der Waals surface area (Å²) in [7, 11) is -4.07. The third kappa shape index (κ3) is 9.69. The van der Waals surface area contributed by atoms with E-state index < -0.39 is 15.5 Å². The first-order valence-corrected chi connectivity index (χ1v) is 9.25. The smallest absolute Gasteiger partial charge is 0.280 e. The molecule has 0 rings (SSSR count). The van der Waals surface area contributed by atoms with Crippen LogP contribution in [-0.4, -0.2) is 48.0 Å². The summed E-state index contributed by atoms with van der Waals surface area (Å²) in [4.78, 5) is 1.62. The van der Waals surface area contributed by atoms with Gasteiger partial charge in [-0.25, -0.2) is 0 Å². The number of nitrogens with zero attached hydrogens (tertiary/aromatic N) is 1. The van der Waals surface area contributed by atoms with Gasteiger partial charge in [0.1, 0.15) is 5.37 Å². The normalized spacial score (nSPS) is 13.8. The summed E-state index contributed by atoms with van der Waals surface area (Å²) in [6.07, 6.45) is 9.48. The number of aliphatic hydroxyl groups excluding tert-OH is 1. The van der Waals surface area contributed by atoms with Crippen molar-refractivity contribution in [1.29, 1.82) is 0 Å². The number of unbranched alkanes of at least 4 members (excludes halogenated alkanes) is 7. The monoisotopic (exact) mass is 309 g/mol. The lowest BCUT2D eigenvalue weighted by molar-refractivity contribution is 0.180. The molecule has 0 fully saturated rings. The average molecular weight is 309 g/mol. The Morgan fingerprint density at radius 1 is 0.950 bits per heavy atom. The summed E-state index contributed by atoms with van der Waals surface area (Å²) in [6.45, 7) is 4.42. The Labute approximate surface area is 124 Å². The zero-order valence-electron chi connectivity index (χ0n) is 12.9. The van der Waals surface area contributed by atoms with E-state index in [0.29, 0.717) is 6.54 Å². The molecule has 0 aromatic carbocycles. The third-order valence-corrected chi connectivity index (χ3v) is 4.79. The molecule has 0 heterocycles. The molecule has 0 aromatic rings. The van der Waals surface area contributed by atoms with Crippen molar-refractivity contribution in [3.8, 4) is 0 Å². The minimum atomic E-state index is -4.07. The van der Waals surface area contributed by atoms with Crippen LogP contribution < -0.4 is 0 Å². The summed E-state index contributed by atoms with van der Waals surface area (Å²) in [5.41, 5.74) is 0. The van der Waals surface area contributed by atoms with Gasteiger partial charge in [0.2, 0.25) is 0 Å². The minimum absolute atomic E-state index is 0.100. The van der Waals surface area contributed by atoms with Crippen LogP contribution in [-0.2, 0) is 10.1 Å². The Morgan fingerprint density at radius 3 is 1.90 bits per heavy atom. The van der Waals surface area contributed by atoms with E-state index in [4.69, 9.17) is 9.66 Å². The lowest BCUT2D eigenvalue weighted by Gasteiger charge is -2.25. The molecule has 0 saturated heterocycles. The zero-order chi connectivity index (χ0) is 15.4. The fraction of sp³-hybridized carbons (Fsp3) is 1.00. The van der Waals surface area contributed by atoms with Crippen LogP contribution in [0.1, 0.15) is 65.2 Å². The van der Waals surface area contributed by atoms with Crippen LogP contribution in [0, 0.1) is 0 Å². The Morgan fingerprint density at radius 2 is 1.45 bits per heavy atom. The molecule has 0 radical (unpaired) electrons. The maximum atomic E-state index is 11.1. The Balaban J connectivity index is 3.82. The summed E-state index contributed by atoms with van der Waals surface area (Å²) < 4.78 is 31.3. The molecule has 1 atom stereocenters. The molecule has 5 nitrogen and oxygen atoms in total. The van der Waals surface area contributed by atoms with E-state index in [-0.39, 0.29) is 13.2 Å². The van der Waals surface area contributed by atoms with Crippen LogP contribution in [0.25, 0.3) is 0 Å². The summed E-state index contributed by atoms with van der Waals surface area (Å²) >= 11 is 0. The van der Waals surface area contributed by atoms with Gasteiger partial charge in [-0.05, 0) is 19.9 Å². The van der Waals surface area contributed by atoms with Crippen LogP contribution >= 0.6 is 0 Å². The largest absolute Gasteiger partial charge is 0.395 e. The highest BCUT2D eigenvalue weighted by Crippen LogP contribution is 2.11. The topological polar surface area (TPSA) is 77.8 Å². The molecule has 122 valence electrons. The molecule has 1 unspecified atom stereocenters. The maximum Gasteiger partial charge on any atom is 0.280 e. The van der Waals surface area contributed by atoms with Crippen molar-refractivity contribution in [3.63, 3.8) is 0 Å². The molecule has 0 saturated carbocycles. The Kier molecular flexibility index (Phi) is 11.4. The van der Waals surface area contributed by atoms with Crippen LogP contribution in [0.15, 0.2) is 0 Å².